The predicted molar refractivity (Wildman–Crippen MR) is 142 cm³/mol. The van der Waals surface area contributed by atoms with Gasteiger partial charge in [0.15, 0.2) is 0 Å². The van der Waals surface area contributed by atoms with E-state index in [0.29, 0.717) is 11.1 Å². The Morgan fingerprint density at radius 1 is 1.03 bits per heavy atom. The number of nitrogens with zero attached hydrogens (tertiary/aromatic N) is 6. The molecule has 2 fully saturated rings. The number of hydrogen-bond acceptors (Lipinski definition) is 7. The number of aryl methyl sites for hydroxylation is 1. The number of pyridine rings is 1. The lowest BCUT2D eigenvalue weighted by Crippen LogP contribution is -2.52. The summed E-state index contributed by atoms with van der Waals surface area (Å²) in [6.07, 6.45) is 4.04. The highest BCUT2D eigenvalue weighted by atomic mass is 35.5. The Balaban J connectivity index is 1.45. The van der Waals surface area contributed by atoms with E-state index in [-0.39, 0.29) is 12.6 Å². The summed E-state index contributed by atoms with van der Waals surface area (Å²) < 4.78 is 0. The molecule has 1 unspecified atom stereocenters. The molecule has 0 spiro atoms. The molecule has 3 aromatic rings. The summed E-state index contributed by atoms with van der Waals surface area (Å²) in [5.41, 5.74) is 4.02. The van der Waals surface area contributed by atoms with Gasteiger partial charge in [0.2, 0.25) is 5.95 Å². The zero-order chi connectivity index (χ0) is 24.5. The average Bonchev–Trinajstić information content (AvgIpc) is 3.29. The minimum atomic E-state index is -0.0634. The van der Waals surface area contributed by atoms with Gasteiger partial charge in [-0.1, -0.05) is 35.4 Å². The molecule has 35 heavy (non-hydrogen) atoms. The largest absolute Gasteiger partial charge is 0.392 e. The second-order valence-corrected chi connectivity index (χ2v) is 10.2. The van der Waals surface area contributed by atoms with Crippen LogP contribution in [0.25, 0.3) is 11.3 Å². The van der Waals surface area contributed by atoms with Gasteiger partial charge in [-0.2, -0.15) is 4.98 Å². The molecule has 2 atom stereocenters. The zero-order valence-corrected chi connectivity index (χ0v) is 21.4. The quantitative estimate of drug-likeness (QED) is 0.553. The fraction of sp³-hybridized carbons (Fsp3) is 0.444. The van der Waals surface area contributed by atoms with E-state index >= 15 is 0 Å². The van der Waals surface area contributed by atoms with Crippen molar-refractivity contribution in [3.8, 4) is 11.3 Å². The van der Waals surface area contributed by atoms with Crippen LogP contribution in [-0.2, 0) is 6.61 Å². The number of benzene rings is 1. The van der Waals surface area contributed by atoms with Gasteiger partial charge in [0.25, 0.3) is 0 Å². The Labute approximate surface area is 212 Å². The molecule has 8 heteroatoms. The van der Waals surface area contributed by atoms with E-state index in [2.05, 4.69) is 70.8 Å². The van der Waals surface area contributed by atoms with Gasteiger partial charge in [0.1, 0.15) is 11.6 Å². The molecule has 7 nitrogen and oxygen atoms in total. The maximum absolute atomic E-state index is 9.37. The number of rotatable bonds is 5. The second kappa shape index (κ2) is 9.99. The predicted octanol–water partition coefficient (Wildman–Crippen LogP) is 4.70. The maximum atomic E-state index is 9.37. The molecule has 0 aliphatic carbocycles. The molecule has 1 N–H and O–H groups in total. The lowest BCUT2D eigenvalue weighted by Gasteiger charge is -2.41. The molecule has 1 aromatic carbocycles. The van der Waals surface area contributed by atoms with Crippen LogP contribution in [-0.4, -0.2) is 58.3 Å². The highest BCUT2D eigenvalue weighted by Gasteiger charge is 2.29. The van der Waals surface area contributed by atoms with Crippen molar-refractivity contribution in [3.05, 3.63) is 58.7 Å². The lowest BCUT2D eigenvalue weighted by molar-refractivity contribution is 0.281. The average molecular weight is 493 g/mol. The van der Waals surface area contributed by atoms with Crippen molar-refractivity contribution < 1.29 is 5.11 Å². The van der Waals surface area contributed by atoms with Crippen LogP contribution in [0.1, 0.15) is 37.8 Å². The minimum absolute atomic E-state index is 0.0634. The van der Waals surface area contributed by atoms with Gasteiger partial charge in [-0.3, -0.25) is 0 Å². The van der Waals surface area contributed by atoms with Gasteiger partial charge in [-0.15, -0.1) is 0 Å². The summed E-state index contributed by atoms with van der Waals surface area (Å²) in [6, 6.07) is 13.1. The number of aromatic nitrogens is 3. The molecule has 2 aromatic heterocycles. The Bertz CT molecular complexity index is 1200. The molecule has 2 saturated heterocycles. The van der Waals surface area contributed by atoms with Gasteiger partial charge < -0.3 is 19.8 Å². The summed E-state index contributed by atoms with van der Waals surface area (Å²) >= 11 is 6.50. The summed E-state index contributed by atoms with van der Waals surface area (Å²) in [7, 11) is 0. The molecule has 0 saturated carbocycles. The van der Waals surface area contributed by atoms with E-state index in [1.54, 1.807) is 12.3 Å². The SMILES string of the molecule is Cc1cccc(-c2cc(N3CCN(c4ncc(CO)cc4Cl)C[C@H]3C)nc(N3CCCC3C)n2)c1. The summed E-state index contributed by atoms with van der Waals surface area (Å²) in [5, 5.41) is 9.94. The molecular weight excluding hydrogens is 460 g/mol. The van der Waals surface area contributed by atoms with Crippen LogP contribution in [0.5, 0.6) is 0 Å². The van der Waals surface area contributed by atoms with E-state index in [1.807, 2.05) is 0 Å². The molecule has 5 rings (SSSR count). The van der Waals surface area contributed by atoms with E-state index in [0.717, 1.165) is 60.6 Å². The molecule has 0 radical (unpaired) electrons. The van der Waals surface area contributed by atoms with E-state index in [1.165, 1.54) is 18.4 Å². The van der Waals surface area contributed by atoms with Crippen molar-refractivity contribution >= 4 is 29.2 Å². The van der Waals surface area contributed by atoms with E-state index in [4.69, 9.17) is 21.6 Å². The third-order valence-corrected chi connectivity index (χ3v) is 7.38. The molecule has 0 bridgehead atoms. The number of piperazine rings is 1. The summed E-state index contributed by atoms with van der Waals surface area (Å²) in [5.74, 6) is 2.56. The van der Waals surface area contributed by atoms with Crippen LogP contribution in [0.15, 0.2) is 42.6 Å². The number of aliphatic hydroxyl groups is 1. The van der Waals surface area contributed by atoms with Gasteiger partial charge in [-0.05, 0) is 51.3 Å². The smallest absolute Gasteiger partial charge is 0.228 e. The molecule has 2 aliphatic heterocycles. The summed E-state index contributed by atoms with van der Waals surface area (Å²) in [6.45, 7) is 9.90. The van der Waals surface area contributed by atoms with Gasteiger partial charge in [-0.25, -0.2) is 9.97 Å². The number of anilines is 3. The Hall–Kier alpha value is -2.90. The first kappa shape index (κ1) is 23.8. The monoisotopic (exact) mass is 492 g/mol. The normalized spacial score (nSPS) is 20.5. The van der Waals surface area contributed by atoms with Gasteiger partial charge in [0, 0.05) is 56.1 Å². The lowest BCUT2D eigenvalue weighted by atomic mass is 10.1. The zero-order valence-electron chi connectivity index (χ0n) is 20.7. The van der Waals surface area contributed by atoms with Crippen LogP contribution in [0.3, 0.4) is 0 Å². The molecule has 2 aliphatic rings. The minimum Gasteiger partial charge on any atom is -0.392 e. The van der Waals surface area contributed by atoms with Crippen LogP contribution in [0, 0.1) is 6.92 Å². The fourth-order valence-corrected chi connectivity index (χ4v) is 5.47. The maximum Gasteiger partial charge on any atom is 0.228 e. The summed E-state index contributed by atoms with van der Waals surface area (Å²) in [4.78, 5) is 21.6. The fourth-order valence-electron chi connectivity index (χ4n) is 5.16. The standard InChI is InChI=1S/C27H33ClN6O/c1-18-6-4-8-22(12-18)24-14-25(31-27(30-24)34-9-5-7-19(34)2)33-11-10-32(16-20(33)3)26-23(28)13-21(17-35)15-29-26/h4,6,8,12-15,19-20,35H,5,7,9-11,16-17H2,1-3H3/t19?,20-/m1/s1. The third-order valence-electron chi connectivity index (χ3n) is 7.11. The highest BCUT2D eigenvalue weighted by Crippen LogP contribution is 2.32. The highest BCUT2D eigenvalue weighted by molar-refractivity contribution is 6.33. The van der Waals surface area contributed by atoms with Crippen molar-refractivity contribution in [1.82, 2.24) is 15.0 Å². The van der Waals surface area contributed by atoms with Crippen molar-refractivity contribution in [1.29, 1.82) is 0 Å². The molecule has 184 valence electrons. The molecule has 0 amide bonds. The van der Waals surface area contributed by atoms with Crippen molar-refractivity contribution in [2.75, 3.05) is 40.9 Å². The van der Waals surface area contributed by atoms with Crippen molar-refractivity contribution in [2.45, 2.75) is 52.3 Å². The first-order valence-corrected chi connectivity index (χ1v) is 12.8. The van der Waals surface area contributed by atoms with Crippen molar-refractivity contribution in [3.63, 3.8) is 0 Å². The van der Waals surface area contributed by atoms with Crippen LogP contribution < -0.4 is 14.7 Å². The van der Waals surface area contributed by atoms with E-state index in [9.17, 15) is 5.11 Å². The first-order chi connectivity index (χ1) is 16.9. The number of hydrogen-bond donors (Lipinski definition) is 1. The molecular formula is C27H33ClN6O. The number of halogens is 1. The third kappa shape index (κ3) is 4.93. The van der Waals surface area contributed by atoms with Crippen LogP contribution >= 0.6 is 11.6 Å². The second-order valence-electron chi connectivity index (χ2n) is 9.76. The van der Waals surface area contributed by atoms with Crippen molar-refractivity contribution in [2.24, 2.45) is 0 Å². The van der Waals surface area contributed by atoms with E-state index < -0.39 is 0 Å². The van der Waals surface area contributed by atoms with Gasteiger partial charge in [0.05, 0.1) is 17.3 Å². The number of aliphatic hydroxyl groups excluding tert-OH is 1. The molecule has 4 heterocycles. The Kier molecular flexibility index (Phi) is 6.80. The van der Waals surface area contributed by atoms with Crippen LogP contribution in [0.4, 0.5) is 17.6 Å². The first-order valence-electron chi connectivity index (χ1n) is 12.4. The van der Waals surface area contributed by atoms with Crippen LogP contribution in [0.2, 0.25) is 5.02 Å². The topological polar surface area (TPSA) is 68.6 Å². The Morgan fingerprint density at radius 3 is 2.57 bits per heavy atom. The Morgan fingerprint density at radius 2 is 1.89 bits per heavy atom. The van der Waals surface area contributed by atoms with Gasteiger partial charge >= 0.3 is 0 Å².